The van der Waals surface area contributed by atoms with E-state index in [1.54, 1.807) is 0 Å². The summed E-state index contributed by atoms with van der Waals surface area (Å²) in [5, 5.41) is 10.6. The highest BCUT2D eigenvalue weighted by atomic mass is 16.4. The van der Waals surface area contributed by atoms with Crippen LogP contribution in [-0.2, 0) is 0 Å². The molecule has 0 aromatic rings. The zero-order chi connectivity index (χ0) is 6.85. The standard InChI is InChI=1S/C5H10N2O2/c1-7-2-4(3-7)6-5(8)9/h4,6H,2-3H2,1H3,(H,8,9). The summed E-state index contributed by atoms with van der Waals surface area (Å²) in [7, 11) is 1.96. The largest absolute Gasteiger partial charge is 0.465 e. The minimum Gasteiger partial charge on any atom is -0.465 e. The second-order valence-electron chi connectivity index (χ2n) is 2.37. The van der Waals surface area contributed by atoms with Crippen molar-refractivity contribution in [3.63, 3.8) is 0 Å². The summed E-state index contributed by atoms with van der Waals surface area (Å²) in [6, 6.07) is 0.160. The molecule has 1 fully saturated rings. The Morgan fingerprint density at radius 2 is 2.33 bits per heavy atom. The first kappa shape index (κ1) is 6.35. The quantitative estimate of drug-likeness (QED) is 0.506. The Balaban J connectivity index is 2.11. The van der Waals surface area contributed by atoms with Gasteiger partial charge in [-0.05, 0) is 7.05 Å². The van der Waals surface area contributed by atoms with Crippen LogP contribution in [0.4, 0.5) is 4.79 Å². The number of likely N-dealkylation sites (tertiary alicyclic amines) is 1. The average molecular weight is 130 g/mol. The monoisotopic (exact) mass is 130 g/mol. The van der Waals surface area contributed by atoms with Crippen LogP contribution in [0.25, 0.3) is 0 Å². The number of rotatable bonds is 1. The Hall–Kier alpha value is -0.770. The minimum atomic E-state index is -0.923. The van der Waals surface area contributed by atoms with Crippen molar-refractivity contribution >= 4 is 6.09 Å². The summed E-state index contributed by atoms with van der Waals surface area (Å²) < 4.78 is 0. The molecule has 0 aromatic heterocycles. The maximum atomic E-state index is 9.98. The van der Waals surface area contributed by atoms with Crippen LogP contribution in [0.3, 0.4) is 0 Å². The van der Waals surface area contributed by atoms with Crippen molar-refractivity contribution in [1.29, 1.82) is 0 Å². The normalized spacial score (nSPS) is 21.0. The Labute approximate surface area is 53.5 Å². The van der Waals surface area contributed by atoms with Gasteiger partial charge >= 0.3 is 6.09 Å². The van der Waals surface area contributed by atoms with Crippen molar-refractivity contribution < 1.29 is 9.90 Å². The van der Waals surface area contributed by atoms with Crippen molar-refractivity contribution in [2.24, 2.45) is 0 Å². The Morgan fingerprint density at radius 1 is 1.78 bits per heavy atom. The molecule has 0 saturated carbocycles. The van der Waals surface area contributed by atoms with Gasteiger partial charge in [0.05, 0.1) is 6.04 Å². The molecule has 1 aliphatic rings. The van der Waals surface area contributed by atoms with Gasteiger partial charge in [0.1, 0.15) is 0 Å². The number of nitrogens with one attached hydrogen (secondary N) is 1. The maximum Gasteiger partial charge on any atom is 0.404 e. The van der Waals surface area contributed by atoms with Crippen molar-refractivity contribution in [3.8, 4) is 0 Å². The zero-order valence-corrected chi connectivity index (χ0v) is 5.29. The predicted molar refractivity (Wildman–Crippen MR) is 32.4 cm³/mol. The van der Waals surface area contributed by atoms with Crippen LogP contribution in [-0.4, -0.2) is 42.3 Å². The number of likely N-dealkylation sites (N-methyl/N-ethyl adjacent to an activating group) is 1. The highest BCUT2D eigenvalue weighted by molar-refractivity contribution is 5.65. The van der Waals surface area contributed by atoms with Crippen LogP contribution in [0.5, 0.6) is 0 Å². The lowest BCUT2D eigenvalue weighted by molar-refractivity contribution is 0.142. The smallest absolute Gasteiger partial charge is 0.404 e. The van der Waals surface area contributed by atoms with Crippen LogP contribution >= 0.6 is 0 Å². The molecule has 4 nitrogen and oxygen atoms in total. The van der Waals surface area contributed by atoms with Gasteiger partial charge in [-0.2, -0.15) is 0 Å². The number of nitrogens with zero attached hydrogens (tertiary/aromatic N) is 1. The minimum absolute atomic E-state index is 0.160. The third-order valence-corrected chi connectivity index (χ3v) is 1.39. The van der Waals surface area contributed by atoms with Gasteiger partial charge in [-0.1, -0.05) is 0 Å². The molecule has 1 saturated heterocycles. The van der Waals surface area contributed by atoms with Crippen LogP contribution in [0.15, 0.2) is 0 Å². The van der Waals surface area contributed by atoms with Gasteiger partial charge in [0, 0.05) is 13.1 Å². The van der Waals surface area contributed by atoms with E-state index in [4.69, 9.17) is 5.11 Å². The van der Waals surface area contributed by atoms with Gasteiger partial charge in [-0.25, -0.2) is 4.79 Å². The van der Waals surface area contributed by atoms with E-state index in [0.29, 0.717) is 0 Å². The van der Waals surface area contributed by atoms with Crippen LogP contribution in [0, 0.1) is 0 Å². The lowest BCUT2D eigenvalue weighted by Crippen LogP contribution is -2.57. The third kappa shape index (κ3) is 1.57. The van der Waals surface area contributed by atoms with Crippen molar-refractivity contribution in [2.45, 2.75) is 6.04 Å². The highest BCUT2D eigenvalue weighted by Gasteiger charge is 2.23. The Kier molecular flexibility index (Phi) is 1.57. The van der Waals surface area contributed by atoms with E-state index < -0.39 is 6.09 Å². The van der Waals surface area contributed by atoms with Crippen LogP contribution in [0.1, 0.15) is 0 Å². The first-order valence-electron chi connectivity index (χ1n) is 2.86. The topological polar surface area (TPSA) is 52.6 Å². The van der Waals surface area contributed by atoms with Crippen molar-refractivity contribution in [1.82, 2.24) is 10.2 Å². The van der Waals surface area contributed by atoms with E-state index in [2.05, 4.69) is 10.2 Å². The summed E-state index contributed by atoms with van der Waals surface area (Å²) in [5.74, 6) is 0. The summed E-state index contributed by atoms with van der Waals surface area (Å²) in [6.45, 7) is 1.68. The second-order valence-corrected chi connectivity index (χ2v) is 2.37. The van der Waals surface area contributed by atoms with E-state index in [-0.39, 0.29) is 6.04 Å². The van der Waals surface area contributed by atoms with Gasteiger partial charge in [-0.15, -0.1) is 0 Å². The SMILES string of the molecule is CN1CC(NC(=O)O)C1. The first-order valence-corrected chi connectivity index (χ1v) is 2.86. The van der Waals surface area contributed by atoms with Crippen LogP contribution in [0.2, 0.25) is 0 Å². The predicted octanol–water partition coefficient (Wildman–Crippen LogP) is -0.432. The summed E-state index contributed by atoms with van der Waals surface area (Å²) in [6.07, 6.45) is -0.923. The molecule has 1 aliphatic heterocycles. The molecule has 1 amide bonds. The third-order valence-electron chi connectivity index (χ3n) is 1.39. The van der Waals surface area contributed by atoms with E-state index in [1.165, 1.54) is 0 Å². The molecule has 0 unspecified atom stereocenters. The number of hydrogen-bond acceptors (Lipinski definition) is 2. The molecule has 0 radical (unpaired) electrons. The van der Waals surface area contributed by atoms with E-state index in [9.17, 15) is 4.79 Å². The summed E-state index contributed by atoms with van der Waals surface area (Å²) in [5.41, 5.74) is 0. The number of carbonyl (C=O) groups is 1. The lowest BCUT2D eigenvalue weighted by atomic mass is 10.1. The molecular formula is C5H10N2O2. The van der Waals surface area contributed by atoms with E-state index in [0.717, 1.165) is 13.1 Å². The molecular weight excluding hydrogens is 120 g/mol. The second kappa shape index (κ2) is 2.23. The van der Waals surface area contributed by atoms with Crippen LogP contribution < -0.4 is 5.32 Å². The van der Waals surface area contributed by atoms with E-state index in [1.807, 2.05) is 7.05 Å². The molecule has 0 bridgehead atoms. The fraction of sp³-hybridized carbons (Fsp3) is 0.800. The van der Waals surface area contributed by atoms with Gasteiger partial charge < -0.3 is 15.3 Å². The average Bonchev–Trinajstić information content (AvgIpc) is 1.60. The van der Waals surface area contributed by atoms with Crippen molar-refractivity contribution in [2.75, 3.05) is 20.1 Å². The molecule has 0 atom stereocenters. The fourth-order valence-electron chi connectivity index (χ4n) is 0.965. The zero-order valence-electron chi connectivity index (χ0n) is 5.29. The molecule has 1 heterocycles. The highest BCUT2D eigenvalue weighted by Crippen LogP contribution is 2.02. The molecule has 0 aliphatic carbocycles. The summed E-state index contributed by atoms with van der Waals surface area (Å²) in [4.78, 5) is 12.0. The van der Waals surface area contributed by atoms with Gasteiger partial charge in [0.2, 0.25) is 0 Å². The number of hydrogen-bond donors (Lipinski definition) is 2. The molecule has 0 aromatic carbocycles. The van der Waals surface area contributed by atoms with Gasteiger partial charge in [-0.3, -0.25) is 0 Å². The molecule has 2 N–H and O–H groups in total. The lowest BCUT2D eigenvalue weighted by Gasteiger charge is -2.35. The molecule has 4 heteroatoms. The van der Waals surface area contributed by atoms with Gasteiger partial charge in [0.15, 0.2) is 0 Å². The van der Waals surface area contributed by atoms with E-state index >= 15 is 0 Å². The number of amides is 1. The summed E-state index contributed by atoms with van der Waals surface area (Å²) >= 11 is 0. The fourth-order valence-corrected chi connectivity index (χ4v) is 0.965. The number of carboxylic acid groups (broad SMARTS) is 1. The Morgan fingerprint density at radius 3 is 2.67 bits per heavy atom. The molecule has 0 spiro atoms. The molecule has 9 heavy (non-hydrogen) atoms. The Bertz CT molecular complexity index is 120. The molecule has 1 rings (SSSR count). The first-order chi connectivity index (χ1) is 4.18. The maximum absolute atomic E-state index is 9.98. The van der Waals surface area contributed by atoms with Gasteiger partial charge in [0.25, 0.3) is 0 Å². The van der Waals surface area contributed by atoms with Crippen molar-refractivity contribution in [3.05, 3.63) is 0 Å². The molecule has 52 valence electrons.